The van der Waals surface area contributed by atoms with Gasteiger partial charge in [-0.1, -0.05) is 23.7 Å². The number of carboxylic acids is 1. The molecule has 6 N–H and O–H groups in total. The number of rotatable bonds is 13. The molecule has 0 spiro atoms. The van der Waals surface area contributed by atoms with E-state index < -0.39 is 60.6 Å². The van der Waals surface area contributed by atoms with Crippen molar-refractivity contribution in [1.29, 1.82) is 0 Å². The van der Waals surface area contributed by atoms with E-state index in [0.717, 1.165) is 5.56 Å². The molecule has 1 saturated carbocycles. The first kappa shape index (κ1) is 36.2. The van der Waals surface area contributed by atoms with Gasteiger partial charge in [-0.2, -0.15) is 28.1 Å². The number of hydrogen-bond acceptors (Lipinski definition) is 11. The fourth-order valence-electron chi connectivity index (χ4n) is 4.55. The normalized spacial score (nSPS) is 13.7. The second-order valence-electron chi connectivity index (χ2n) is 11.3. The van der Waals surface area contributed by atoms with Crippen molar-refractivity contribution < 1.29 is 42.2 Å². The van der Waals surface area contributed by atoms with Gasteiger partial charge in [-0.3, -0.25) is 19.4 Å². The van der Waals surface area contributed by atoms with Gasteiger partial charge in [-0.25, -0.2) is 4.79 Å². The number of nitrogens with zero attached hydrogens (tertiary/aromatic N) is 4. The maximum atomic E-state index is 12.9. The minimum Gasteiger partial charge on any atom is -0.480 e. The van der Waals surface area contributed by atoms with Crippen LogP contribution in [0.2, 0.25) is 5.02 Å². The molecule has 2 heterocycles. The first-order valence-corrected chi connectivity index (χ1v) is 15.5. The number of ether oxygens (including phenoxy) is 1. The highest BCUT2D eigenvalue weighted by Gasteiger charge is 2.45. The van der Waals surface area contributed by atoms with E-state index in [0.29, 0.717) is 29.2 Å². The lowest BCUT2D eigenvalue weighted by Crippen LogP contribution is -2.50. The smallest absolute Gasteiger partial charge is 0.422 e. The van der Waals surface area contributed by atoms with Crippen LogP contribution in [-0.2, 0) is 19.9 Å². The van der Waals surface area contributed by atoms with Gasteiger partial charge in [0.15, 0.2) is 6.61 Å². The molecule has 19 heteroatoms. The molecule has 266 valence electrons. The molecule has 4 aromatic rings. The van der Waals surface area contributed by atoms with Crippen LogP contribution < -0.4 is 31.3 Å². The average Bonchev–Trinajstić information content (AvgIpc) is 3.86. The quantitative estimate of drug-likeness (QED) is 0.108. The predicted octanol–water partition coefficient (Wildman–Crippen LogP) is 3.95. The van der Waals surface area contributed by atoms with Crippen molar-refractivity contribution in [3.05, 3.63) is 88.7 Å². The first-order valence-electron chi connectivity index (χ1n) is 15.1. The molecule has 2 aromatic heterocycles. The number of anilines is 4. The summed E-state index contributed by atoms with van der Waals surface area (Å²) in [7, 11) is 0. The Labute approximate surface area is 292 Å². The summed E-state index contributed by atoms with van der Waals surface area (Å²) in [6.45, 7) is -0.504. The van der Waals surface area contributed by atoms with Crippen molar-refractivity contribution in [3.63, 3.8) is 0 Å². The molecule has 51 heavy (non-hydrogen) atoms. The number of aliphatic carboxylic acids is 1. The molecule has 5 rings (SSSR count). The molecular formula is C32H29ClF3N9O6. The number of aryl methyl sites for hydroxylation is 1. The van der Waals surface area contributed by atoms with E-state index in [1.807, 2.05) is 12.1 Å². The van der Waals surface area contributed by atoms with Gasteiger partial charge < -0.3 is 36.4 Å². The second-order valence-corrected chi connectivity index (χ2v) is 11.7. The molecule has 3 amide bonds. The first-order chi connectivity index (χ1) is 24.2. The van der Waals surface area contributed by atoms with Crippen molar-refractivity contribution in [1.82, 2.24) is 30.6 Å². The van der Waals surface area contributed by atoms with Crippen LogP contribution in [0, 0.1) is 6.92 Å². The van der Waals surface area contributed by atoms with Gasteiger partial charge in [0.2, 0.25) is 11.9 Å². The molecule has 0 saturated heterocycles. The maximum absolute atomic E-state index is 12.9. The summed E-state index contributed by atoms with van der Waals surface area (Å²) in [5.74, 6) is -4.70. The van der Waals surface area contributed by atoms with E-state index in [1.54, 1.807) is 25.1 Å². The van der Waals surface area contributed by atoms with Crippen LogP contribution in [0.25, 0.3) is 0 Å². The Morgan fingerprint density at radius 2 is 1.59 bits per heavy atom. The van der Waals surface area contributed by atoms with Gasteiger partial charge in [-0.05, 0) is 73.9 Å². The Hall–Kier alpha value is -6.04. The maximum Gasteiger partial charge on any atom is 0.422 e. The van der Waals surface area contributed by atoms with Crippen molar-refractivity contribution in [2.75, 3.05) is 29.1 Å². The zero-order valence-electron chi connectivity index (χ0n) is 26.5. The van der Waals surface area contributed by atoms with Gasteiger partial charge in [0.1, 0.15) is 6.04 Å². The number of alkyl halides is 3. The molecule has 1 aliphatic carbocycles. The fourth-order valence-corrected chi connectivity index (χ4v) is 4.68. The van der Waals surface area contributed by atoms with Gasteiger partial charge in [0, 0.05) is 28.5 Å². The van der Waals surface area contributed by atoms with Crippen LogP contribution in [0.1, 0.15) is 34.5 Å². The summed E-state index contributed by atoms with van der Waals surface area (Å²) in [5, 5.41) is 22.9. The number of aromatic nitrogens is 4. The lowest BCUT2D eigenvalue weighted by Gasteiger charge is -2.19. The number of carbonyl (C=O) groups is 4. The van der Waals surface area contributed by atoms with Gasteiger partial charge in [-0.15, -0.1) is 0 Å². The van der Waals surface area contributed by atoms with Crippen LogP contribution in [0.3, 0.4) is 0 Å². The third-order valence-electron chi connectivity index (χ3n) is 7.33. The van der Waals surface area contributed by atoms with Crippen LogP contribution in [0.15, 0.2) is 66.9 Å². The van der Waals surface area contributed by atoms with E-state index in [2.05, 4.69) is 46.5 Å². The Kier molecular flexibility index (Phi) is 10.8. The minimum absolute atomic E-state index is 0.0218. The largest absolute Gasteiger partial charge is 0.480 e. The topological polar surface area (TPSA) is 209 Å². The predicted molar refractivity (Wildman–Crippen MR) is 177 cm³/mol. The summed E-state index contributed by atoms with van der Waals surface area (Å²) in [6.07, 6.45) is -1.91. The van der Waals surface area contributed by atoms with Crippen molar-refractivity contribution in [2.24, 2.45) is 0 Å². The Bertz CT molecular complexity index is 1910. The molecule has 15 nitrogen and oxygen atoms in total. The zero-order chi connectivity index (χ0) is 36.8. The van der Waals surface area contributed by atoms with Gasteiger partial charge in [0.25, 0.3) is 5.91 Å². The molecule has 0 unspecified atom stereocenters. The average molecular weight is 728 g/mol. The van der Waals surface area contributed by atoms with Crippen LogP contribution in [0.5, 0.6) is 6.01 Å². The van der Waals surface area contributed by atoms with Crippen LogP contribution >= 0.6 is 11.6 Å². The number of carboxylic acid groups (broad SMARTS) is 1. The fraction of sp³-hybridized carbons (Fsp3) is 0.250. The molecule has 2 aromatic carbocycles. The summed E-state index contributed by atoms with van der Waals surface area (Å²) >= 11 is 6.01. The molecule has 1 atom stereocenters. The SMILES string of the molecule is Cc1ccc(NC(=O)C(=O)NC[C@H](NC(=O)c2ccc(Nc3nc(NC4(c5ccc(Cl)cc5)CC4)nc(OCC(F)(F)F)n3)cc2)C(=O)O)cn1. The van der Waals surface area contributed by atoms with Crippen molar-refractivity contribution >= 4 is 58.6 Å². The highest BCUT2D eigenvalue weighted by Crippen LogP contribution is 2.48. The monoisotopic (exact) mass is 727 g/mol. The van der Waals surface area contributed by atoms with E-state index >= 15 is 0 Å². The highest BCUT2D eigenvalue weighted by atomic mass is 35.5. The molecule has 1 fully saturated rings. The third kappa shape index (κ3) is 10.2. The highest BCUT2D eigenvalue weighted by molar-refractivity contribution is 6.39. The number of amides is 3. The number of pyridine rings is 1. The molecular weight excluding hydrogens is 699 g/mol. The lowest BCUT2D eigenvalue weighted by atomic mass is 10.1. The molecule has 0 bridgehead atoms. The van der Waals surface area contributed by atoms with Crippen molar-refractivity contribution in [2.45, 2.75) is 37.5 Å². The molecule has 0 radical (unpaired) electrons. The van der Waals surface area contributed by atoms with Crippen LogP contribution in [-0.4, -0.2) is 74.1 Å². The van der Waals surface area contributed by atoms with Crippen LogP contribution in [0.4, 0.5) is 36.4 Å². The van der Waals surface area contributed by atoms with E-state index in [9.17, 15) is 37.5 Å². The molecule has 0 aliphatic heterocycles. The van der Waals surface area contributed by atoms with E-state index in [1.165, 1.54) is 36.5 Å². The summed E-state index contributed by atoms with van der Waals surface area (Å²) in [4.78, 5) is 65.2. The number of hydrogen-bond donors (Lipinski definition) is 6. The van der Waals surface area contributed by atoms with Gasteiger partial charge >= 0.3 is 30.0 Å². The number of nitrogens with one attached hydrogen (secondary N) is 5. The summed E-state index contributed by atoms with van der Waals surface area (Å²) in [5.41, 5.74) is 1.59. The second kappa shape index (κ2) is 15.2. The standard InChI is InChI=1S/C32H29ClF3N9O6/c1-17-2-9-22(14-37-17)39-26(48)25(47)38-15-23(27(49)50)41-24(46)18-3-10-21(11-4-18)40-28-42-29(44-30(43-28)51-16-32(34,35)36)45-31(12-13-31)19-5-7-20(33)8-6-19/h2-11,14,23H,12-13,15-16H2,1H3,(H,38,47)(H,39,48)(H,41,46)(H,49,50)(H2,40,42,43,44,45)/t23-/m0/s1. The Morgan fingerprint density at radius 1 is 0.922 bits per heavy atom. The van der Waals surface area contributed by atoms with E-state index in [-0.39, 0.29) is 23.1 Å². The summed E-state index contributed by atoms with van der Waals surface area (Å²) < 4.78 is 43.5. The Morgan fingerprint density at radius 3 is 2.20 bits per heavy atom. The zero-order valence-corrected chi connectivity index (χ0v) is 27.3. The third-order valence-corrected chi connectivity index (χ3v) is 7.58. The van der Waals surface area contributed by atoms with E-state index in [4.69, 9.17) is 16.3 Å². The number of carbonyl (C=O) groups excluding carboxylic acids is 3. The number of benzene rings is 2. The molecule has 1 aliphatic rings. The number of halogens is 4. The lowest BCUT2D eigenvalue weighted by molar-refractivity contribution is -0.154. The summed E-state index contributed by atoms with van der Waals surface area (Å²) in [6, 6.07) is 13.5. The van der Waals surface area contributed by atoms with Gasteiger partial charge in [0.05, 0.1) is 17.4 Å². The van der Waals surface area contributed by atoms with Crippen molar-refractivity contribution in [3.8, 4) is 6.01 Å². The Balaban J connectivity index is 1.22. The minimum atomic E-state index is -4.65.